The van der Waals surface area contributed by atoms with Gasteiger partial charge in [-0.05, 0) is 62.1 Å². The van der Waals surface area contributed by atoms with E-state index in [2.05, 4.69) is 5.20 Å². The summed E-state index contributed by atoms with van der Waals surface area (Å²) >= 11 is 1.61. The van der Waals surface area contributed by atoms with E-state index in [0.717, 1.165) is 41.6 Å². The Morgan fingerprint density at radius 2 is 1.32 bits per heavy atom. The molecule has 4 nitrogen and oxygen atoms in total. The van der Waals surface area contributed by atoms with Crippen molar-refractivity contribution in [1.82, 2.24) is 10.2 Å². The van der Waals surface area contributed by atoms with Gasteiger partial charge in [-0.3, -0.25) is 9.57 Å². The van der Waals surface area contributed by atoms with Gasteiger partial charge in [-0.25, -0.2) is 4.98 Å². The van der Waals surface area contributed by atoms with Crippen LogP contribution in [0.25, 0.3) is 0 Å². The lowest BCUT2D eigenvalue weighted by molar-refractivity contribution is 0.578. The predicted octanol–water partition coefficient (Wildman–Crippen LogP) is 5.59. The lowest BCUT2D eigenvalue weighted by Crippen LogP contribution is -2.38. The first kappa shape index (κ1) is 20.2. The molecular formula is C25H24N3OPS. The van der Waals surface area contributed by atoms with E-state index in [9.17, 15) is 4.57 Å². The van der Waals surface area contributed by atoms with Gasteiger partial charge in [-0.15, -0.1) is 11.3 Å². The molecule has 1 atom stereocenters. The number of rotatable bonds is 6. The zero-order valence-corrected chi connectivity index (χ0v) is 18.9. The Labute approximate surface area is 187 Å². The molecule has 0 saturated carbocycles. The summed E-state index contributed by atoms with van der Waals surface area (Å²) in [5.41, 5.74) is 2.97. The van der Waals surface area contributed by atoms with E-state index in [1.54, 1.807) is 11.3 Å². The summed E-state index contributed by atoms with van der Waals surface area (Å²) in [4.78, 5) is 6.19. The third-order valence-corrected chi connectivity index (χ3v) is 9.64. The van der Waals surface area contributed by atoms with Crippen LogP contribution in [0.15, 0.2) is 91.0 Å². The van der Waals surface area contributed by atoms with E-state index in [-0.39, 0.29) is 0 Å². The molecule has 1 aliphatic rings. The van der Waals surface area contributed by atoms with Gasteiger partial charge in [-0.1, -0.05) is 54.6 Å². The van der Waals surface area contributed by atoms with E-state index in [0.29, 0.717) is 4.75 Å². The molecule has 31 heavy (non-hydrogen) atoms. The Bertz CT molecular complexity index is 1130. The quantitative estimate of drug-likeness (QED) is 0.310. The van der Waals surface area contributed by atoms with Crippen molar-refractivity contribution in [3.63, 3.8) is 0 Å². The molecule has 5 rings (SSSR count). The van der Waals surface area contributed by atoms with Crippen LogP contribution in [0.1, 0.15) is 23.4 Å². The van der Waals surface area contributed by atoms with Crippen molar-refractivity contribution in [1.29, 1.82) is 0 Å². The summed E-state index contributed by atoms with van der Waals surface area (Å²) in [6.07, 6.45) is 4.34. The third-order valence-electron chi connectivity index (χ3n) is 5.49. The van der Waals surface area contributed by atoms with Crippen molar-refractivity contribution in [2.24, 2.45) is 0 Å². The molecule has 4 aromatic rings. The number of hydrazine groups is 1. The summed E-state index contributed by atoms with van der Waals surface area (Å²) in [6, 6.07) is 29.7. The number of aryl methyl sites for hydroxylation is 2. The molecule has 1 aliphatic carbocycles. The Morgan fingerprint density at radius 1 is 0.774 bits per heavy atom. The van der Waals surface area contributed by atoms with Crippen LogP contribution in [-0.4, -0.2) is 4.98 Å². The number of anilines is 2. The highest BCUT2D eigenvalue weighted by molar-refractivity contribution is 7.81. The predicted molar refractivity (Wildman–Crippen MR) is 130 cm³/mol. The molecule has 1 aromatic heterocycles. The maximum absolute atomic E-state index is 14.8. The second-order valence-corrected chi connectivity index (χ2v) is 11.4. The van der Waals surface area contributed by atoms with Gasteiger partial charge in [0, 0.05) is 10.2 Å². The maximum atomic E-state index is 14.8. The molecule has 0 bridgehead atoms. The first-order valence-electron chi connectivity index (χ1n) is 10.6. The fourth-order valence-electron chi connectivity index (χ4n) is 3.88. The van der Waals surface area contributed by atoms with Gasteiger partial charge in [0.15, 0.2) is 4.75 Å². The number of aromatic nitrogens is 1. The van der Waals surface area contributed by atoms with Gasteiger partial charge in [0.1, 0.15) is 0 Å². The molecule has 1 heterocycles. The Balaban J connectivity index is 1.64. The Kier molecular flexibility index (Phi) is 5.73. The number of nitrogens with zero attached hydrogens (tertiary/aromatic N) is 2. The van der Waals surface area contributed by atoms with Gasteiger partial charge < -0.3 is 0 Å². The molecule has 0 fully saturated rings. The molecule has 1 N–H and O–H groups in total. The number of hydrogen-bond acceptors (Lipinski definition) is 4. The van der Waals surface area contributed by atoms with Crippen LogP contribution in [0, 0.1) is 0 Å². The van der Waals surface area contributed by atoms with E-state index < -0.39 is 7.29 Å². The Morgan fingerprint density at radius 3 is 1.90 bits per heavy atom. The molecule has 3 aromatic carbocycles. The zero-order valence-electron chi connectivity index (χ0n) is 17.1. The molecule has 0 spiro atoms. The summed E-state index contributed by atoms with van der Waals surface area (Å²) in [5.74, 6) is 0. The SMILES string of the molecule is O=P(NN(c1ccccc1)c1ccccc1)(c1ccccc1)c1nc2c(s1)CCCC2. The molecule has 0 aliphatic heterocycles. The van der Waals surface area contributed by atoms with Crippen LogP contribution in [0.5, 0.6) is 0 Å². The minimum absolute atomic E-state index is 0.683. The van der Waals surface area contributed by atoms with Crippen LogP contribution in [0.2, 0.25) is 0 Å². The first-order valence-corrected chi connectivity index (χ1v) is 13.1. The molecular weight excluding hydrogens is 421 g/mol. The highest BCUT2D eigenvalue weighted by Gasteiger charge is 2.35. The van der Waals surface area contributed by atoms with Crippen LogP contribution in [-0.2, 0) is 17.4 Å². The standard InChI is InChI=1S/C25H24N3OPS/c29-30(22-16-8-3-9-17-22,25-26-23-18-10-11-19-24(23)31-25)27-28(20-12-4-1-5-13-20)21-14-6-2-7-15-21/h1-9,12-17H,10-11,18-19H2,(H,27,29). The van der Waals surface area contributed by atoms with E-state index in [1.807, 2.05) is 96.0 Å². The van der Waals surface area contributed by atoms with Crippen LogP contribution in [0.4, 0.5) is 11.4 Å². The van der Waals surface area contributed by atoms with Crippen molar-refractivity contribution >= 4 is 40.1 Å². The molecule has 0 radical (unpaired) electrons. The summed E-state index contributed by atoms with van der Waals surface area (Å²) < 4.78 is 15.5. The van der Waals surface area contributed by atoms with Crippen LogP contribution >= 0.6 is 18.6 Å². The van der Waals surface area contributed by atoms with Gasteiger partial charge in [0.25, 0.3) is 0 Å². The molecule has 156 valence electrons. The highest BCUT2D eigenvalue weighted by atomic mass is 32.1. The average molecular weight is 446 g/mol. The fourth-order valence-corrected chi connectivity index (χ4v) is 7.84. The van der Waals surface area contributed by atoms with Gasteiger partial charge in [0.2, 0.25) is 7.29 Å². The number of thiazole rings is 1. The molecule has 6 heteroatoms. The average Bonchev–Trinajstić information content (AvgIpc) is 3.29. The van der Waals surface area contributed by atoms with Gasteiger partial charge in [0.05, 0.1) is 17.1 Å². The van der Waals surface area contributed by atoms with Gasteiger partial charge >= 0.3 is 0 Å². The second kappa shape index (κ2) is 8.80. The van der Waals surface area contributed by atoms with Crippen LogP contribution in [0.3, 0.4) is 0 Å². The summed E-state index contributed by atoms with van der Waals surface area (Å²) in [7, 11) is -3.23. The van der Waals surface area contributed by atoms with E-state index in [4.69, 9.17) is 4.98 Å². The second-order valence-electron chi connectivity index (χ2n) is 7.62. The largest absolute Gasteiger partial charge is 0.292 e. The van der Waals surface area contributed by atoms with Crippen molar-refractivity contribution in [2.75, 3.05) is 5.01 Å². The topological polar surface area (TPSA) is 45.2 Å². The minimum atomic E-state index is -3.23. The van der Waals surface area contributed by atoms with E-state index >= 15 is 0 Å². The third kappa shape index (κ3) is 4.09. The number of para-hydroxylation sites is 2. The molecule has 0 amide bonds. The van der Waals surface area contributed by atoms with Gasteiger partial charge in [-0.2, -0.15) is 5.20 Å². The number of hydrogen-bond donors (Lipinski definition) is 1. The number of benzene rings is 3. The lowest BCUT2D eigenvalue weighted by Gasteiger charge is -2.30. The minimum Gasteiger partial charge on any atom is -0.292 e. The lowest BCUT2D eigenvalue weighted by atomic mass is 10.0. The smallest absolute Gasteiger partial charge is 0.249 e. The normalized spacial score (nSPS) is 15.1. The highest BCUT2D eigenvalue weighted by Crippen LogP contribution is 2.44. The molecule has 1 unspecified atom stereocenters. The fraction of sp³-hybridized carbons (Fsp3) is 0.160. The summed E-state index contributed by atoms with van der Waals surface area (Å²) in [5, 5.41) is 6.13. The van der Waals surface area contributed by atoms with Crippen molar-refractivity contribution in [3.05, 3.63) is 102 Å². The number of nitrogens with one attached hydrogen (secondary N) is 1. The molecule has 0 saturated heterocycles. The maximum Gasteiger partial charge on any atom is 0.249 e. The number of fused-ring (bicyclic) bond motifs is 1. The van der Waals surface area contributed by atoms with E-state index in [1.165, 1.54) is 11.3 Å². The first-order chi connectivity index (χ1) is 15.2. The summed E-state index contributed by atoms with van der Waals surface area (Å²) in [6.45, 7) is 0. The van der Waals surface area contributed by atoms with Crippen LogP contribution < -0.4 is 20.3 Å². The van der Waals surface area contributed by atoms with Crippen molar-refractivity contribution < 1.29 is 4.57 Å². The van der Waals surface area contributed by atoms with Crippen molar-refractivity contribution in [3.8, 4) is 0 Å². The Hall–Kier alpha value is -2.72. The monoisotopic (exact) mass is 445 g/mol. The zero-order chi connectivity index (χ0) is 21.1. The van der Waals surface area contributed by atoms with Crippen molar-refractivity contribution in [2.45, 2.75) is 25.7 Å².